The van der Waals surface area contributed by atoms with Crippen LogP contribution in [0.25, 0.3) is 0 Å². The number of carbonyl (C=O) groups is 1. The normalized spacial score (nSPS) is 18.9. The largest absolute Gasteiger partial charge is 0.296 e. The molecule has 1 aliphatic rings. The van der Waals surface area contributed by atoms with Gasteiger partial charge in [0.05, 0.1) is 6.54 Å². The van der Waals surface area contributed by atoms with Gasteiger partial charge in [0.1, 0.15) is 0 Å². The molecule has 0 atom stereocenters. The Kier molecular flexibility index (Phi) is 5.21. The van der Waals surface area contributed by atoms with E-state index in [9.17, 15) is 4.79 Å². The molecule has 1 aromatic rings. The first-order valence-electron chi connectivity index (χ1n) is 8.23. The van der Waals surface area contributed by atoms with Crippen molar-refractivity contribution in [3.8, 4) is 0 Å². The van der Waals surface area contributed by atoms with Crippen molar-refractivity contribution in [2.24, 2.45) is 5.41 Å². The number of aryl methyl sites for hydroxylation is 1. The van der Waals surface area contributed by atoms with Crippen molar-refractivity contribution in [2.45, 2.75) is 58.9 Å². The van der Waals surface area contributed by atoms with Crippen LogP contribution in [0.5, 0.6) is 0 Å². The number of Topliss-reactive ketones (excluding diaryl/α,β-unsaturated/α-hetero) is 1. The molecule has 0 amide bonds. The predicted octanol–water partition coefficient (Wildman–Crippen LogP) is 4.33. The van der Waals surface area contributed by atoms with Crippen molar-refractivity contribution < 1.29 is 4.79 Å². The van der Waals surface area contributed by atoms with Crippen molar-refractivity contribution in [2.75, 3.05) is 13.6 Å². The molecule has 0 aromatic heterocycles. The molecule has 0 saturated heterocycles. The Morgan fingerprint density at radius 3 is 2.29 bits per heavy atom. The summed E-state index contributed by atoms with van der Waals surface area (Å²) in [6, 6.07) is 8.64. The number of ketones is 1. The van der Waals surface area contributed by atoms with E-state index in [-0.39, 0.29) is 5.78 Å². The number of carbonyl (C=O) groups excluding carboxylic acids is 1. The van der Waals surface area contributed by atoms with E-state index in [0.29, 0.717) is 18.0 Å². The van der Waals surface area contributed by atoms with Crippen molar-refractivity contribution in [1.82, 2.24) is 4.90 Å². The van der Waals surface area contributed by atoms with Crippen LogP contribution in [0.4, 0.5) is 0 Å². The average molecular weight is 287 g/mol. The first kappa shape index (κ1) is 16.2. The summed E-state index contributed by atoms with van der Waals surface area (Å²) in [5.74, 6) is 0.241. The Balaban J connectivity index is 1.89. The summed E-state index contributed by atoms with van der Waals surface area (Å²) in [6.45, 7) is 7.37. The molecule has 0 heterocycles. The van der Waals surface area contributed by atoms with Gasteiger partial charge in [0.25, 0.3) is 0 Å². The maximum atomic E-state index is 12.4. The maximum absolute atomic E-state index is 12.4. The molecule has 2 rings (SSSR count). The van der Waals surface area contributed by atoms with Gasteiger partial charge in [-0.1, -0.05) is 45.0 Å². The number of nitrogens with zero attached hydrogens (tertiary/aromatic N) is 1. The molecule has 1 aliphatic carbocycles. The number of hydrogen-bond donors (Lipinski definition) is 0. The zero-order valence-electron chi connectivity index (χ0n) is 14.0. The Morgan fingerprint density at radius 2 is 1.76 bits per heavy atom. The van der Waals surface area contributed by atoms with Gasteiger partial charge in [0, 0.05) is 11.6 Å². The van der Waals surface area contributed by atoms with Gasteiger partial charge in [-0.15, -0.1) is 0 Å². The fourth-order valence-corrected chi connectivity index (χ4v) is 3.20. The van der Waals surface area contributed by atoms with E-state index in [1.54, 1.807) is 0 Å². The molecular weight excluding hydrogens is 258 g/mol. The second-order valence-electron chi connectivity index (χ2n) is 7.28. The highest BCUT2D eigenvalue weighted by molar-refractivity contribution is 5.97. The average Bonchev–Trinajstić information content (AvgIpc) is 2.47. The van der Waals surface area contributed by atoms with Crippen LogP contribution in [0.15, 0.2) is 24.3 Å². The number of benzene rings is 1. The lowest BCUT2D eigenvalue weighted by atomic mass is 9.75. The van der Waals surface area contributed by atoms with E-state index in [4.69, 9.17) is 0 Å². The van der Waals surface area contributed by atoms with E-state index in [1.807, 2.05) is 12.1 Å². The Hall–Kier alpha value is -1.15. The summed E-state index contributed by atoms with van der Waals surface area (Å²) in [5, 5.41) is 0. The van der Waals surface area contributed by atoms with Crippen LogP contribution in [0.3, 0.4) is 0 Å². The van der Waals surface area contributed by atoms with Crippen LogP contribution in [0.2, 0.25) is 0 Å². The van der Waals surface area contributed by atoms with Crippen LogP contribution in [-0.2, 0) is 6.42 Å². The van der Waals surface area contributed by atoms with Crippen molar-refractivity contribution in [3.63, 3.8) is 0 Å². The lowest BCUT2D eigenvalue weighted by molar-refractivity contribution is 0.0851. The van der Waals surface area contributed by atoms with Crippen molar-refractivity contribution >= 4 is 5.78 Å². The first-order chi connectivity index (χ1) is 9.91. The molecule has 0 radical (unpaired) electrons. The summed E-state index contributed by atoms with van der Waals surface area (Å²) in [7, 11) is 2.10. The van der Waals surface area contributed by atoms with Crippen LogP contribution in [-0.4, -0.2) is 30.3 Å². The minimum Gasteiger partial charge on any atom is -0.296 e. The van der Waals surface area contributed by atoms with Gasteiger partial charge in [0.15, 0.2) is 5.78 Å². The minimum absolute atomic E-state index is 0.241. The second kappa shape index (κ2) is 6.74. The summed E-state index contributed by atoms with van der Waals surface area (Å²) in [6.07, 6.45) is 5.98. The zero-order valence-corrected chi connectivity index (χ0v) is 14.0. The Labute approximate surface area is 129 Å². The quantitative estimate of drug-likeness (QED) is 0.751. The number of likely N-dealkylation sites (N-methyl/N-ethyl adjacent to an activating group) is 1. The highest BCUT2D eigenvalue weighted by Gasteiger charge is 2.29. The molecule has 0 unspecified atom stereocenters. The lowest BCUT2D eigenvalue weighted by Gasteiger charge is -2.38. The minimum atomic E-state index is 0.241. The van der Waals surface area contributed by atoms with Crippen molar-refractivity contribution in [3.05, 3.63) is 35.4 Å². The van der Waals surface area contributed by atoms with Crippen LogP contribution < -0.4 is 0 Å². The van der Waals surface area contributed by atoms with E-state index < -0.39 is 0 Å². The molecule has 0 aliphatic heterocycles. The molecule has 1 saturated carbocycles. The van der Waals surface area contributed by atoms with Gasteiger partial charge in [-0.2, -0.15) is 0 Å². The topological polar surface area (TPSA) is 20.3 Å². The van der Waals surface area contributed by atoms with Gasteiger partial charge in [0.2, 0.25) is 0 Å². The predicted molar refractivity (Wildman–Crippen MR) is 88.8 cm³/mol. The molecule has 0 N–H and O–H groups in total. The molecule has 116 valence electrons. The van der Waals surface area contributed by atoms with Crippen LogP contribution >= 0.6 is 0 Å². The molecule has 0 bridgehead atoms. The first-order valence-corrected chi connectivity index (χ1v) is 8.23. The highest BCUT2D eigenvalue weighted by Crippen LogP contribution is 2.36. The number of hydrogen-bond acceptors (Lipinski definition) is 2. The highest BCUT2D eigenvalue weighted by atomic mass is 16.1. The maximum Gasteiger partial charge on any atom is 0.176 e. The monoisotopic (exact) mass is 287 g/mol. The Morgan fingerprint density at radius 1 is 1.19 bits per heavy atom. The van der Waals surface area contributed by atoms with Gasteiger partial charge in [-0.05, 0) is 50.1 Å². The van der Waals surface area contributed by atoms with E-state index in [1.165, 1.54) is 31.2 Å². The lowest BCUT2D eigenvalue weighted by Crippen LogP contribution is -2.39. The molecular formula is C19H29NO. The SMILES string of the molecule is CCc1ccc(C(=O)CN(C)C2CCC(C)(C)CC2)cc1. The second-order valence-corrected chi connectivity index (χ2v) is 7.28. The standard InChI is InChI=1S/C19H29NO/c1-5-15-6-8-16(9-7-15)18(21)14-20(4)17-10-12-19(2,3)13-11-17/h6-9,17H,5,10-14H2,1-4H3. The molecule has 2 nitrogen and oxygen atoms in total. The van der Waals surface area contributed by atoms with E-state index in [0.717, 1.165) is 12.0 Å². The summed E-state index contributed by atoms with van der Waals surface area (Å²) >= 11 is 0. The van der Waals surface area contributed by atoms with Gasteiger partial charge < -0.3 is 0 Å². The van der Waals surface area contributed by atoms with E-state index >= 15 is 0 Å². The summed E-state index contributed by atoms with van der Waals surface area (Å²) < 4.78 is 0. The molecule has 21 heavy (non-hydrogen) atoms. The summed E-state index contributed by atoms with van der Waals surface area (Å²) in [4.78, 5) is 14.6. The number of rotatable bonds is 5. The van der Waals surface area contributed by atoms with Crippen LogP contribution in [0.1, 0.15) is 62.4 Å². The molecule has 0 spiro atoms. The third kappa shape index (κ3) is 4.41. The van der Waals surface area contributed by atoms with Gasteiger partial charge in [-0.3, -0.25) is 9.69 Å². The molecule has 2 heteroatoms. The fourth-order valence-electron chi connectivity index (χ4n) is 3.20. The Bertz CT molecular complexity index is 465. The third-order valence-electron chi connectivity index (χ3n) is 5.01. The third-order valence-corrected chi connectivity index (χ3v) is 5.01. The summed E-state index contributed by atoms with van der Waals surface area (Å²) in [5.41, 5.74) is 2.61. The molecule has 1 fully saturated rings. The van der Waals surface area contributed by atoms with Crippen molar-refractivity contribution in [1.29, 1.82) is 0 Å². The smallest absolute Gasteiger partial charge is 0.176 e. The van der Waals surface area contributed by atoms with Gasteiger partial charge >= 0.3 is 0 Å². The van der Waals surface area contributed by atoms with Gasteiger partial charge in [-0.25, -0.2) is 0 Å². The fraction of sp³-hybridized carbons (Fsp3) is 0.632. The molecule has 1 aromatic carbocycles. The van der Waals surface area contributed by atoms with E-state index in [2.05, 4.69) is 44.9 Å². The zero-order chi connectivity index (χ0) is 15.5. The van der Waals surface area contributed by atoms with Crippen LogP contribution in [0, 0.1) is 5.41 Å².